The highest BCUT2D eigenvalue weighted by Crippen LogP contribution is 2.09. The van der Waals surface area contributed by atoms with Gasteiger partial charge in [0, 0.05) is 18.6 Å². The van der Waals surface area contributed by atoms with E-state index in [1.165, 1.54) is 32.4 Å². The van der Waals surface area contributed by atoms with Crippen molar-refractivity contribution in [1.82, 2.24) is 10.2 Å². The number of rotatable bonds is 9. The quantitative estimate of drug-likeness (QED) is 0.610. The third kappa shape index (κ3) is 6.49. The van der Waals surface area contributed by atoms with E-state index in [2.05, 4.69) is 51.9 Å². The van der Waals surface area contributed by atoms with E-state index in [9.17, 15) is 0 Å². The van der Waals surface area contributed by atoms with Crippen molar-refractivity contribution in [2.24, 2.45) is 5.92 Å². The summed E-state index contributed by atoms with van der Waals surface area (Å²) in [6, 6.07) is 1.27. The number of nitrogens with zero attached hydrogens (tertiary/aromatic N) is 1. The summed E-state index contributed by atoms with van der Waals surface area (Å²) < 4.78 is 0. The SMILES string of the molecule is CCCCCN(CC(NC)C(C)C)C(C)C. The van der Waals surface area contributed by atoms with Crippen LogP contribution in [0, 0.1) is 5.92 Å². The number of hydrogen-bond acceptors (Lipinski definition) is 2. The van der Waals surface area contributed by atoms with Gasteiger partial charge in [0.2, 0.25) is 0 Å². The molecule has 0 aromatic carbocycles. The highest BCUT2D eigenvalue weighted by atomic mass is 15.2. The average Bonchev–Trinajstić information content (AvgIpc) is 2.22. The normalized spacial score (nSPS) is 14.1. The Balaban J connectivity index is 4.09. The third-order valence-corrected chi connectivity index (χ3v) is 3.39. The fourth-order valence-corrected chi connectivity index (χ4v) is 2.01. The topological polar surface area (TPSA) is 15.3 Å². The van der Waals surface area contributed by atoms with Gasteiger partial charge in [0.15, 0.2) is 0 Å². The van der Waals surface area contributed by atoms with Crippen LogP contribution in [0.3, 0.4) is 0 Å². The maximum Gasteiger partial charge on any atom is 0.0215 e. The van der Waals surface area contributed by atoms with Crippen LogP contribution in [0.4, 0.5) is 0 Å². The number of nitrogens with one attached hydrogen (secondary N) is 1. The monoisotopic (exact) mass is 228 g/mol. The van der Waals surface area contributed by atoms with Gasteiger partial charge in [0.1, 0.15) is 0 Å². The molecule has 0 rings (SSSR count). The first-order chi connectivity index (χ1) is 7.52. The Labute approximate surface area is 103 Å². The van der Waals surface area contributed by atoms with Gasteiger partial charge in [-0.1, -0.05) is 33.6 Å². The van der Waals surface area contributed by atoms with Crippen molar-refractivity contribution in [2.75, 3.05) is 20.1 Å². The van der Waals surface area contributed by atoms with Crippen LogP contribution in [0.1, 0.15) is 53.9 Å². The average molecular weight is 228 g/mol. The van der Waals surface area contributed by atoms with Crippen LogP contribution in [0.2, 0.25) is 0 Å². The molecule has 1 atom stereocenters. The summed E-state index contributed by atoms with van der Waals surface area (Å²) in [5, 5.41) is 3.44. The van der Waals surface area contributed by atoms with Crippen molar-refractivity contribution < 1.29 is 0 Å². The summed E-state index contributed by atoms with van der Waals surface area (Å²) in [5.41, 5.74) is 0. The first-order valence-corrected chi connectivity index (χ1v) is 6.94. The maximum atomic E-state index is 3.44. The molecule has 0 aromatic heterocycles. The lowest BCUT2D eigenvalue weighted by atomic mass is 10.0. The van der Waals surface area contributed by atoms with Gasteiger partial charge in [-0.25, -0.2) is 0 Å². The Hall–Kier alpha value is -0.0800. The molecule has 1 N–H and O–H groups in total. The summed E-state index contributed by atoms with van der Waals surface area (Å²) in [4.78, 5) is 2.61. The van der Waals surface area contributed by atoms with Gasteiger partial charge in [-0.05, 0) is 39.8 Å². The number of unbranched alkanes of at least 4 members (excludes halogenated alkanes) is 2. The highest BCUT2D eigenvalue weighted by molar-refractivity contribution is 4.75. The summed E-state index contributed by atoms with van der Waals surface area (Å²) in [5.74, 6) is 0.706. The molecule has 0 saturated heterocycles. The second kappa shape index (κ2) is 9.00. The van der Waals surface area contributed by atoms with E-state index in [1.807, 2.05) is 0 Å². The van der Waals surface area contributed by atoms with Crippen LogP contribution in [0.15, 0.2) is 0 Å². The first-order valence-electron chi connectivity index (χ1n) is 6.94. The van der Waals surface area contributed by atoms with Crippen molar-refractivity contribution in [1.29, 1.82) is 0 Å². The van der Waals surface area contributed by atoms with Gasteiger partial charge in [-0.2, -0.15) is 0 Å². The molecular formula is C14H32N2. The van der Waals surface area contributed by atoms with Crippen molar-refractivity contribution >= 4 is 0 Å². The van der Waals surface area contributed by atoms with Crippen LogP contribution in [-0.4, -0.2) is 37.1 Å². The molecule has 0 radical (unpaired) electrons. The zero-order valence-electron chi connectivity index (χ0n) is 12.2. The molecule has 0 saturated carbocycles. The Bertz CT molecular complexity index is 155. The van der Waals surface area contributed by atoms with Gasteiger partial charge in [0.05, 0.1) is 0 Å². The predicted octanol–water partition coefficient (Wildman–Crippen LogP) is 3.13. The Morgan fingerprint density at radius 1 is 1.06 bits per heavy atom. The van der Waals surface area contributed by atoms with E-state index in [1.54, 1.807) is 0 Å². The minimum Gasteiger partial charge on any atom is -0.315 e. The molecule has 98 valence electrons. The lowest BCUT2D eigenvalue weighted by molar-refractivity contribution is 0.180. The fraction of sp³-hybridized carbons (Fsp3) is 1.00. The van der Waals surface area contributed by atoms with Crippen LogP contribution in [0.5, 0.6) is 0 Å². The number of hydrogen-bond donors (Lipinski definition) is 1. The molecule has 16 heavy (non-hydrogen) atoms. The Kier molecular flexibility index (Phi) is 8.96. The van der Waals surface area contributed by atoms with Crippen LogP contribution >= 0.6 is 0 Å². The van der Waals surface area contributed by atoms with Gasteiger partial charge in [-0.15, -0.1) is 0 Å². The smallest absolute Gasteiger partial charge is 0.0215 e. The summed E-state index contributed by atoms with van der Waals surface area (Å²) >= 11 is 0. The second-order valence-corrected chi connectivity index (χ2v) is 5.43. The third-order valence-electron chi connectivity index (χ3n) is 3.39. The van der Waals surface area contributed by atoms with Gasteiger partial charge in [0.25, 0.3) is 0 Å². The summed E-state index contributed by atoms with van der Waals surface area (Å²) in [6.07, 6.45) is 4.00. The van der Waals surface area contributed by atoms with E-state index in [0.29, 0.717) is 18.0 Å². The largest absolute Gasteiger partial charge is 0.315 e. The molecule has 0 amide bonds. The molecular weight excluding hydrogens is 196 g/mol. The maximum absolute atomic E-state index is 3.44. The summed E-state index contributed by atoms with van der Waals surface area (Å²) in [7, 11) is 2.08. The van der Waals surface area contributed by atoms with E-state index in [4.69, 9.17) is 0 Å². The molecule has 0 aromatic rings. The van der Waals surface area contributed by atoms with Gasteiger partial charge < -0.3 is 5.32 Å². The molecule has 0 bridgehead atoms. The van der Waals surface area contributed by atoms with Crippen LogP contribution < -0.4 is 5.32 Å². The van der Waals surface area contributed by atoms with Crippen molar-refractivity contribution in [3.8, 4) is 0 Å². The lowest BCUT2D eigenvalue weighted by Gasteiger charge is -2.32. The minimum atomic E-state index is 0.615. The Morgan fingerprint density at radius 2 is 1.69 bits per heavy atom. The van der Waals surface area contributed by atoms with E-state index in [-0.39, 0.29) is 0 Å². The molecule has 0 aliphatic rings. The zero-order valence-corrected chi connectivity index (χ0v) is 12.2. The van der Waals surface area contributed by atoms with Crippen molar-refractivity contribution in [2.45, 2.75) is 66.0 Å². The molecule has 1 unspecified atom stereocenters. The van der Waals surface area contributed by atoms with E-state index < -0.39 is 0 Å². The van der Waals surface area contributed by atoms with E-state index in [0.717, 1.165) is 0 Å². The second-order valence-electron chi connectivity index (χ2n) is 5.43. The fourth-order valence-electron chi connectivity index (χ4n) is 2.01. The lowest BCUT2D eigenvalue weighted by Crippen LogP contribution is -2.45. The number of likely N-dealkylation sites (N-methyl/N-ethyl adjacent to an activating group) is 1. The van der Waals surface area contributed by atoms with E-state index >= 15 is 0 Å². The Morgan fingerprint density at radius 3 is 2.06 bits per heavy atom. The molecule has 0 heterocycles. The minimum absolute atomic E-state index is 0.615. The van der Waals surface area contributed by atoms with Crippen LogP contribution in [0.25, 0.3) is 0 Å². The highest BCUT2D eigenvalue weighted by Gasteiger charge is 2.17. The van der Waals surface area contributed by atoms with Crippen molar-refractivity contribution in [3.63, 3.8) is 0 Å². The predicted molar refractivity (Wildman–Crippen MR) is 73.9 cm³/mol. The summed E-state index contributed by atoms with van der Waals surface area (Å²) in [6.45, 7) is 13.9. The van der Waals surface area contributed by atoms with Gasteiger partial charge in [-0.3, -0.25) is 4.90 Å². The molecule has 0 spiro atoms. The molecule has 0 aliphatic carbocycles. The standard InChI is InChI=1S/C14H32N2/c1-7-8-9-10-16(13(4)5)11-14(15-6)12(2)3/h12-15H,7-11H2,1-6H3. The molecule has 2 nitrogen and oxygen atoms in total. The molecule has 0 aliphatic heterocycles. The van der Waals surface area contributed by atoms with Crippen LogP contribution in [-0.2, 0) is 0 Å². The van der Waals surface area contributed by atoms with Crippen molar-refractivity contribution in [3.05, 3.63) is 0 Å². The van der Waals surface area contributed by atoms with Gasteiger partial charge >= 0.3 is 0 Å². The molecule has 2 heteroatoms. The zero-order chi connectivity index (χ0) is 12.6. The molecule has 0 fully saturated rings. The first kappa shape index (κ1) is 15.9.